The van der Waals surface area contributed by atoms with Gasteiger partial charge in [-0.05, 0) is 53.4 Å². The third-order valence-corrected chi connectivity index (χ3v) is 3.45. The van der Waals surface area contributed by atoms with Gasteiger partial charge >= 0.3 is 0 Å². The summed E-state index contributed by atoms with van der Waals surface area (Å²) in [4.78, 5) is 16.3. The fourth-order valence-corrected chi connectivity index (χ4v) is 2.40. The van der Waals surface area contributed by atoms with Crippen molar-refractivity contribution in [2.45, 2.75) is 38.1 Å². The topological polar surface area (TPSA) is 35.6 Å². The lowest BCUT2D eigenvalue weighted by Crippen LogP contribution is -2.45. The van der Waals surface area contributed by atoms with Gasteiger partial charge in [0.2, 0.25) is 5.91 Å². The third kappa shape index (κ3) is 5.04. The van der Waals surface area contributed by atoms with Gasteiger partial charge in [-0.3, -0.25) is 4.79 Å². The average molecular weight is 241 g/mol. The molecule has 0 saturated carbocycles. The zero-order chi connectivity index (χ0) is 12.7. The Hall–Kier alpha value is -0.610. The molecule has 1 aliphatic rings. The average Bonchev–Trinajstić information content (AvgIpc) is 2.33. The SMILES string of the molecule is CNCCC1CCCCN1C(=O)CCN(C)C. The van der Waals surface area contributed by atoms with Gasteiger partial charge in [0, 0.05) is 25.6 Å². The molecule has 1 aliphatic heterocycles. The Balaban J connectivity index is 2.42. The number of hydrogen-bond donors (Lipinski definition) is 1. The van der Waals surface area contributed by atoms with Gasteiger partial charge in [-0.1, -0.05) is 0 Å². The van der Waals surface area contributed by atoms with E-state index < -0.39 is 0 Å². The second kappa shape index (κ2) is 7.67. The molecule has 1 fully saturated rings. The van der Waals surface area contributed by atoms with E-state index in [1.807, 2.05) is 21.1 Å². The van der Waals surface area contributed by atoms with Crippen LogP contribution in [0.15, 0.2) is 0 Å². The molecule has 0 radical (unpaired) electrons. The second-order valence-corrected chi connectivity index (χ2v) is 5.18. The van der Waals surface area contributed by atoms with Crippen molar-refractivity contribution < 1.29 is 4.79 Å². The largest absolute Gasteiger partial charge is 0.340 e. The summed E-state index contributed by atoms with van der Waals surface area (Å²) in [5.41, 5.74) is 0. The summed E-state index contributed by atoms with van der Waals surface area (Å²) < 4.78 is 0. The van der Waals surface area contributed by atoms with Gasteiger partial charge < -0.3 is 15.1 Å². The molecule has 1 atom stereocenters. The minimum atomic E-state index is 0.333. The van der Waals surface area contributed by atoms with E-state index in [4.69, 9.17) is 0 Å². The van der Waals surface area contributed by atoms with Crippen LogP contribution in [0.1, 0.15) is 32.1 Å². The van der Waals surface area contributed by atoms with Crippen LogP contribution < -0.4 is 5.32 Å². The van der Waals surface area contributed by atoms with Gasteiger partial charge in [-0.15, -0.1) is 0 Å². The maximum absolute atomic E-state index is 12.2. The van der Waals surface area contributed by atoms with Crippen LogP contribution in [0, 0.1) is 0 Å². The number of rotatable bonds is 6. The van der Waals surface area contributed by atoms with Crippen LogP contribution in [0.3, 0.4) is 0 Å². The van der Waals surface area contributed by atoms with Crippen LogP contribution >= 0.6 is 0 Å². The standard InChI is InChI=1S/C13H27N3O/c1-14-9-7-12-6-4-5-10-16(12)13(17)8-11-15(2)3/h12,14H,4-11H2,1-3H3. The number of piperidine rings is 1. The molecule has 17 heavy (non-hydrogen) atoms. The van der Waals surface area contributed by atoms with Crippen molar-refractivity contribution in [3.63, 3.8) is 0 Å². The van der Waals surface area contributed by atoms with E-state index in [9.17, 15) is 4.79 Å². The zero-order valence-electron chi connectivity index (χ0n) is 11.5. The van der Waals surface area contributed by atoms with E-state index in [1.54, 1.807) is 0 Å². The van der Waals surface area contributed by atoms with Crippen LogP contribution in [0.4, 0.5) is 0 Å². The number of nitrogens with zero attached hydrogens (tertiary/aromatic N) is 2. The second-order valence-electron chi connectivity index (χ2n) is 5.18. The summed E-state index contributed by atoms with van der Waals surface area (Å²) in [7, 11) is 6.00. The fraction of sp³-hybridized carbons (Fsp3) is 0.923. The minimum absolute atomic E-state index is 0.333. The van der Waals surface area contributed by atoms with E-state index in [2.05, 4.69) is 15.1 Å². The van der Waals surface area contributed by atoms with Crippen molar-refractivity contribution >= 4 is 5.91 Å². The lowest BCUT2D eigenvalue weighted by atomic mass is 9.99. The van der Waals surface area contributed by atoms with Crippen molar-refractivity contribution in [1.29, 1.82) is 0 Å². The number of carbonyl (C=O) groups is 1. The first-order chi connectivity index (χ1) is 8.15. The predicted octanol–water partition coefficient (Wildman–Crippen LogP) is 0.929. The highest BCUT2D eigenvalue weighted by Crippen LogP contribution is 2.20. The summed E-state index contributed by atoms with van der Waals surface area (Å²) in [6, 6.07) is 0.464. The molecule has 1 saturated heterocycles. The predicted molar refractivity (Wildman–Crippen MR) is 71.1 cm³/mol. The number of carbonyl (C=O) groups excluding carboxylic acids is 1. The molecule has 0 aromatic heterocycles. The molecule has 0 aliphatic carbocycles. The van der Waals surface area contributed by atoms with Gasteiger partial charge in [0.15, 0.2) is 0 Å². The van der Waals surface area contributed by atoms with E-state index in [-0.39, 0.29) is 0 Å². The van der Waals surface area contributed by atoms with Crippen LogP contribution in [-0.2, 0) is 4.79 Å². The molecule has 1 N–H and O–H groups in total. The smallest absolute Gasteiger partial charge is 0.224 e. The zero-order valence-corrected chi connectivity index (χ0v) is 11.5. The molecule has 0 spiro atoms. The molecule has 1 rings (SSSR count). The summed E-state index contributed by atoms with van der Waals surface area (Å²) in [5, 5.41) is 3.18. The minimum Gasteiger partial charge on any atom is -0.340 e. The Bertz CT molecular complexity index is 231. The molecule has 100 valence electrons. The Morgan fingerprint density at radius 2 is 2.18 bits per heavy atom. The number of hydrogen-bond acceptors (Lipinski definition) is 3. The maximum atomic E-state index is 12.2. The van der Waals surface area contributed by atoms with Crippen LogP contribution in [-0.4, -0.2) is 62.5 Å². The Morgan fingerprint density at radius 3 is 2.82 bits per heavy atom. The summed E-state index contributed by atoms with van der Waals surface area (Å²) in [6.07, 6.45) is 5.36. The first kappa shape index (κ1) is 14.5. The van der Waals surface area contributed by atoms with Crippen molar-refractivity contribution in [2.75, 3.05) is 40.8 Å². The normalized spacial score (nSPS) is 20.9. The maximum Gasteiger partial charge on any atom is 0.224 e. The van der Waals surface area contributed by atoms with Crippen molar-refractivity contribution in [3.05, 3.63) is 0 Å². The highest BCUT2D eigenvalue weighted by molar-refractivity contribution is 5.76. The van der Waals surface area contributed by atoms with Crippen molar-refractivity contribution in [1.82, 2.24) is 15.1 Å². The number of amides is 1. The lowest BCUT2D eigenvalue weighted by Gasteiger charge is -2.36. The van der Waals surface area contributed by atoms with E-state index in [0.717, 1.165) is 26.1 Å². The highest BCUT2D eigenvalue weighted by Gasteiger charge is 2.25. The van der Waals surface area contributed by atoms with Gasteiger partial charge in [0.25, 0.3) is 0 Å². The molecule has 1 heterocycles. The third-order valence-electron chi connectivity index (χ3n) is 3.45. The molecule has 0 aromatic carbocycles. The van der Waals surface area contributed by atoms with Gasteiger partial charge in [0.05, 0.1) is 0 Å². The molecule has 0 aromatic rings. The van der Waals surface area contributed by atoms with Gasteiger partial charge in [-0.2, -0.15) is 0 Å². The van der Waals surface area contributed by atoms with E-state index in [0.29, 0.717) is 18.4 Å². The van der Waals surface area contributed by atoms with Crippen molar-refractivity contribution in [2.24, 2.45) is 0 Å². The summed E-state index contributed by atoms with van der Waals surface area (Å²) in [6.45, 7) is 2.82. The molecule has 4 nitrogen and oxygen atoms in total. The molecular weight excluding hydrogens is 214 g/mol. The highest BCUT2D eigenvalue weighted by atomic mass is 16.2. The Labute approximate surface area is 105 Å². The summed E-state index contributed by atoms with van der Waals surface area (Å²) >= 11 is 0. The van der Waals surface area contributed by atoms with E-state index in [1.165, 1.54) is 19.3 Å². The number of likely N-dealkylation sites (tertiary alicyclic amines) is 1. The first-order valence-corrected chi connectivity index (χ1v) is 6.74. The first-order valence-electron chi connectivity index (χ1n) is 6.74. The van der Waals surface area contributed by atoms with Gasteiger partial charge in [-0.25, -0.2) is 0 Å². The fourth-order valence-electron chi connectivity index (χ4n) is 2.40. The monoisotopic (exact) mass is 241 g/mol. The van der Waals surface area contributed by atoms with Crippen LogP contribution in [0.25, 0.3) is 0 Å². The molecule has 4 heteroatoms. The molecule has 1 amide bonds. The quantitative estimate of drug-likeness (QED) is 0.751. The Kier molecular flexibility index (Phi) is 6.52. The lowest BCUT2D eigenvalue weighted by molar-refractivity contribution is -0.135. The van der Waals surface area contributed by atoms with Gasteiger partial charge in [0.1, 0.15) is 0 Å². The molecule has 0 bridgehead atoms. The number of nitrogens with one attached hydrogen (secondary N) is 1. The van der Waals surface area contributed by atoms with E-state index >= 15 is 0 Å². The Morgan fingerprint density at radius 1 is 1.41 bits per heavy atom. The van der Waals surface area contributed by atoms with Crippen LogP contribution in [0.5, 0.6) is 0 Å². The van der Waals surface area contributed by atoms with Crippen molar-refractivity contribution in [3.8, 4) is 0 Å². The summed E-state index contributed by atoms with van der Waals surface area (Å²) in [5.74, 6) is 0.333. The molecular formula is C13H27N3O. The van der Waals surface area contributed by atoms with Crippen LogP contribution in [0.2, 0.25) is 0 Å². The molecule has 1 unspecified atom stereocenters.